The second-order valence-electron chi connectivity index (χ2n) is 6.30. The fraction of sp³-hybridized carbons (Fsp3) is 0.182. The van der Waals surface area contributed by atoms with E-state index in [9.17, 15) is 19.3 Å². The molecule has 0 saturated carbocycles. The number of rotatable bonds is 12. The molecule has 0 aliphatic rings. The standard InChI is InChI=1S/C22H22N4O7/c1-4-20(28)33-12-11-32-17-8-5-15(6-9-17)23-22(29)21(14(2)27)25-24-18-10-7-16(26-30)13-19(18)31-3/h4-10,13,24H,1,11-12H2,2-3H3,(H,23,29)/b25-21-. The van der Waals surface area contributed by atoms with Gasteiger partial charge in [-0.25, -0.2) is 4.79 Å². The highest BCUT2D eigenvalue weighted by Crippen LogP contribution is 2.29. The molecule has 1 amide bonds. The number of methoxy groups -OCH3 is 1. The number of ketones is 1. The average Bonchev–Trinajstić information content (AvgIpc) is 2.82. The van der Waals surface area contributed by atoms with Crippen molar-refractivity contribution in [3.63, 3.8) is 0 Å². The zero-order valence-electron chi connectivity index (χ0n) is 18.0. The van der Waals surface area contributed by atoms with E-state index in [1.54, 1.807) is 24.3 Å². The third-order valence-corrected chi connectivity index (χ3v) is 4.00. The number of hydrogen-bond acceptors (Lipinski definition) is 10. The molecular formula is C22H22N4O7. The number of nitrogens with zero attached hydrogens (tertiary/aromatic N) is 2. The smallest absolute Gasteiger partial charge is 0.330 e. The first-order chi connectivity index (χ1) is 15.9. The average molecular weight is 454 g/mol. The molecule has 0 radical (unpaired) electrons. The van der Waals surface area contributed by atoms with Crippen molar-refractivity contribution in [1.82, 2.24) is 0 Å². The minimum Gasteiger partial charge on any atom is -0.494 e. The lowest BCUT2D eigenvalue weighted by molar-refractivity contribution is -0.138. The lowest BCUT2D eigenvalue weighted by atomic mass is 10.2. The lowest BCUT2D eigenvalue weighted by Crippen LogP contribution is -2.29. The number of hydrazone groups is 1. The van der Waals surface area contributed by atoms with Crippen LogP contribution in [0.2, 0.25) is 0 Å². The lowest BCUT2D eigenvalue weighted by Gasteiger charge is -2.10. The van der Waals surface area contributed by atoms with Crippen LogP contribution in [0.1, 0.15) is 6.92 Å². The first kappa shape index (κ1) is 24.7. The Labute approximate surface area is 189 Å². The molecular weight excluding hydrogens is 432 g/mol. The fourth-order valence-electron chi connectivity index (χ4n) is 2.42. The van der Waals surface area contributed by atoms with Gasteiger partial charge in [0.1, 0.15) is 30.4 Å². The van der Waals surface area contributed by atoms with Gasteiger partial charge >= 0.3 is 5.97 Å². The van der Waals surface area contributed by atoms with Crippen LogP contribution in [0, 0.1) is 4.91 Å². The number of ether oxygens (including phenoxy) is 3. The Bertz CT molecular complexity index is 1060. The van der Waals surface area contributed by atoms with E-state index in [2.05, 4.69) is 27.6 Å². The summed E-state index contributed by atoms with van der Waals surface area (Å²) in [7, 11) is 1.39. The van der Waals surface area contributed by atoms with Gasteiger partial charge in [0.25, 0.3) is 5.91 Å². The zero-order valence-corrected chi connectivity index (χ0v) is 18.0. The number of Topliss-reactive ketones (excluding diaryl/α,β-unsaturated/α-hetero) is 1. The quantitative estimate of drug-likeness (QED) is 0.0946. The highest BCUT2D eigenvalue weighted by molar-refractivity contribution is 6.67. The van der Waals surface area contributed by atoms with Gasteiger partial charge in [0, 0.05) is 24.8 Å². The Hall–Kier alpha value is -4.54. The Morgan fingerprint density at radius 3 is 2.42 bits per heavy atom. The summed E-state index contributed by atoms with van der Waals surface area (Å²) in [6.07, 6.45) is 1.06. The molecule has 0 aliphatic heterocycles. The summed E-state index contributed by atoms with van der Waals surface area (Å²) in [5, 5.41) is 9.27. The molecule has 0 bridgehead atoms. The number of nitroso groups, excluding NO2 is 1. The molecule has 11 heteroatoms. The minimum atomic E-state index is -0.731. The number of carbonyl (C=O) groups excluding carboxylic acids is 3. The SMILES string of the molecule is C=CC(=O)OCCOc1ccc(NC(=O)/C(=N\Nc2ccc(N=O)cc2OC)C(C)=O)cc1. The number of esters is 1. The molecule has 11 nitrogen and oxygen atoms in total. The topological polar surface area (TPSA) is 145 Å². The summed E-state index contributed by atoms with van der Waals surface area (Å²) in [6, 6.07) is 10.6. The first-order valence-electron chi connectivity index (χ1n) is 9.57. The summed E-state index contributed by atoms with van der Waals surface area (Å²) < 4.78 is 15.4. The molecule has 0 spiro atoms. The maximum Gasteiger partial charge on any atom is 0.330 e. The van der Waals surface area contributed by atoms with E-state index in [1.807, 2.05) is 0 Å². The monoisotopic (exact) mass is 454 g/mol. The van der Waals surface area contributed by atoms with E-state index in [4.69, 9.17) is 14.2 Å². The molecule has 0 unspecified atom stereocenters. The van der Waals surface area contributed by atoms with Crippen molar-refractivity contribution >= 4 is 40.4 Å². The third-order valence-electron chi connectivity index (χ3n) is 4.00. The Balaban J connectivity index is 2.01. The molecule has 33 heavy (non-hydrogen) atoms. The van der Waals surface area contributed by atoms with Crippen LogP contribution in [-0.4, -0.2) is 43.7 Å². The van der Waals surface area contributed by atoms with Crippen LogP contribution in [-0.2, 0) is 19.1 Å². The predicted molar refractivity (Wildman–Crippen MR) is 122 cm³/mol. The largest absolute Gasteiger partial charge is 0.494 e. The highest BCUT2D eigenvalue weighted by Gasteiger charge is 2.18. The Morgan fingerprint density at radius 1 is 1.09 bits per heavy atom. The maximum absolute atomic E-state index is 12.5. The van der Waals surface area contributed by atoms with Gasteiger partial charge in [0.2, 0.25) is 0 Å². The molecule has 2 aromatic rings. The molecule has 0 fully saturated rings. The van der Waals surface area contributed by atoms with Crippen LogP contribution in [0.15, 0.2) is 65.4 Å². The van der Waals surface area contributed by atoms with E-state index in [0.29, 0.717) is 17.1 Å². The van der Waals surface area contributed by atoms with Crippen molar-refractivity contribution < 1.29 is 28.6 Å². The van der Waals surface area contributed by atoms with Gasteiger partial charge in [-0.15, -0.1) is 4.91 Å². The summed E-state index contributed by atoms with van der Waals surface area (Å²) in [6.45, 7) is 4.70. The molecule has 172 valence electrons. The second kappa shape index (κ2) is 12.3. The molecule has 0 aromatic heterocycles. The van der Waals surface area contributed by atoms with Crippen molar-refractivity contribution in [2.24, 2.45) is 10.3 Å². The van der Waals surface area contributed by atoms with E-state index in [1.165, 1.54) is 32.2 Å². The van der Waals surface area contributed by atoms with Crippen molar-refractivity contribution in [3.8, 4) is 11.5 Å². The number of benzene rings is 2. The third kappa shape index (κ3) is 7.58. The molecule has 0 aliphatic carbocycles. The minimum absolute atomic E-state index is 0.0634. The van der Waals surface area contributed by atoms with Crippen molar-refractivity contribution in [1.29, 1.82) is 0 Å². The van der Waals surface area contributed by atoms with Crippen LogP contribution in [0.4, 0.5) is 17.1 Å². The van der Waals surface area contributed by atoms with E-state index in [-0.39, 0.29) is 30.4 Å². The normalized spacial score (nSPS) is 10.5. The Morgan fingerprint density at radius 2 is 1.82 bits per heavy atom. The van der Waals surface area contributed by atoms with E-state index < -0.39 is 17.7 Å². The summed E-state index contributed by atoms with van der Waals surface area (Å²) >= 11 is 0. The molecule has 0 atom stereocenters. The van der Waals surface area contributed by atoms with Crippen molar-refractivity contribution in [3.05, 3.63) is 60.0 Å². The van der Waals surface area contributed by atoms with Gasteiger partial charge in [-0.2, -0.15) is 5.10 Å². The summed E-state index contributed by atoms with van der Waals surface area (Å²) in [5.41, 5.74) is 3.09. The molecule has 2 aromatic carbocycles. The van der Waals surface area contributed by atoms with E-state index >= 15 is 0 Å². The van der Waals surface area contributed by atoms with Crippen LogP contribution in [0.3, 0.4) is 0 Å². The molecule has 2 rings (SSSR count). The first-order valence-corrected chi connectivity index (χ1v) is 9.57. The number of carbonyl (C=O) groups is 3. The number of amides is 1. The van der Waals surface area contributed by atoms with E-state index in [0.717, 1.165) is 6.08 Å². The molecule has 2 N–H and O–H groups in total. The zero-order chi connectivity index (χ0) is 24.2. The number of anilines is 2. The van der Waals surface area contributed by atoms with Crippen LogP contribution >= 0.6 is 0 Å². The van der Waals surface area contributed by atoms with Gasteiger partial charge in [-0.3, -0.25) is 15.0 Å². The van der Waals surface area contributed by atoms with Gasteiger partial charge in [0.15, 0.2) is 11.5 Å². The van der Waals surface area contributed by atoms with Gasteiger partial charge in [-0.1, -0.05) is 6.58 Å². The number of nitrogens with one attached hydrogen (secondary N) is 2. The van der Waals surface area contributed by atoms with Crippen LogP contribution in [0.5, 0.6) is 11.5 Å². The predicted octanol–water partition coefficient (Wildman–Crippen LogP) is 3.20. The molecule has 0 saturated heterocycles. The van der Waals surface area contributed by atoms with Gasteiger partial charge in [0.05, 0.1) is 12.8 Å². The summed E-state index contributed by atoms with van der Waals surface area (Å²) in [5.74, 6) is -1.09. The second-order valence-corrected chi connectivity index (χ2v) is 6.30. The highest BCUT2D eigenvalue weighted by atomic mass is 16.6. The van der Waals surface area contributed by atoms with Gasteiger partial charge < -0.3 is 19.5 Å². The molecule has 0 heterocycles. The fourth-order valence-corrected chi connectivity index (χ4v) is 2.42. The van der Waals surface area contributed by atoms with Gasteiger partial charge in [-0.05, 0) is 41.6 Å². The van der Waals surface area contributed by atoms with Crippen LogP contribution in [0.25, 0.3) is 0 Å². The van der Waals surface area contributed by atoms with Crippen molar-refractivity contribution in [2.45, 2.75) is 6.92 Å². The summed E-state index contributed by atoms with van der Waals surface area (Å²) in [4.78, 5) is 46.1. The van der Waals surface area contributed by atoms with Crippen LogP contribution < -0.4 is 20.2 Å². The number of hydrogen-bond donors (Lipinski definition) is 2. The Kier molecular flexibility index (Phi) is 9.25. The van der Waals surface area contributed by atoms with Crippen molar-refractivity contribution in [2.75, 3.05) is 31.1 Å². The maximum atomic E-state index is 12.5.